The van der Waals surface area contributed by atoms with Crippen LogP contribution in [0.5, 0.6) is 5.75 Å². The van der Waals surface area contributed by atoms with E-state index in [2.05, 4.69) is 6.58 Å². The molecule has 3 nitrogen and oxygen atoms in total. The molecule has 0 unspecified atom stereocenters. The number of benzene rings is 1. The van der Waals surface area contributed by atoms with Gasteiger partial charge >= 0.3 is 6.16 Å². The standard InChI is InChI=1S/C11H12O3/c1-2-3-9-13-11(12)14-10-7-5-4-6-8-10/h2,4-8H,1,3,9H2. The summed E-state index contributed by atoms with van der Waals surface area (Å²) in [7, 11) is 0. The largest absolute Gasteiger partial charge is 0.513 e. The number of rotatable bonds is 4. The summed E-state index contributed by atoms with van der Waals surface area (Å²) >= 11 is 0. The molecule has 0 aromatic heterocycles. The second-order valence-electron chi connectivity index (χ2n) is 2.59. The molecule has 0 saturated heterocycles. The lowest BCUT2D eigenvalue weighted by atomic mass is 10.3. The van der Waals surface area contributed by atoms with Gasteiger partial charge in [0.2, 0.25) is 0 Å². The molecule has 1 aromatic carbocycles. The van der Waals surface area contributed by atoms with Gasteiger partial charge in [0, 0.05) is 0 Å². The second kappa shape index (κ2) is 5.80. The van der Waals surface area contributed by atoms with Crippen LogP contribution in [0.25, 0.3) is 0 Å². The van der Waals surface area contributed by atoms with Crippen molar-refractivity contribution >= 4 is 6.16 Å². The highest BCUT2D eigenvalue weighted by atomic mass is 16.7. The summed E-state index contributed by atoms with van der Waals surface area (Å²) in [6.07, 6.45) is 1.62. The maximum Gasteiger partial charge on any atom is 0.513 e. The van der Waals surface area contributed by atoms with E-state index in [1.165, 1.54) is 0 Å². The van der Waals surface area contributed by atoms with E-state index in [-0.39, 0.29) is 0 Å². The maximum absolute atomic E-state index is 11.0. The summed E-state index contributed by atoms with van der Waals surface area (Å²) < 4.78 is 9.62. The Kier molecular flexibility index (Phi) is 4.27. The van der Waals surface area contributed by atoms with E-state index in [4.69, 9.17) is 9.47 Å². The van der Waals surface area contributed by atoms with Crippen LogP contribution in [-0.2, 0) is 4.74 Å². The molecule has 0 aliphatic rings. The first kappa shape index (κ1) is 10.3. The Hall–Kier alpha value is -1.77. The summed E-state index contributed by atoms with van der Waals surface area (Å²) in [5.74, 6) is 0.483. The summed E-state index contributed by atoms with van der Waals surface area (Å²) in [5.41, 5.74) is 0. The zero-order valence-electron chi connectivity index (χ0n) is 7.81. The van der Waals surface area contributed by atoms with E-state index < -0.39 is 6.16 Å². The normalized spacial score (nSPS) is 9.14. The van der Waals surface area contributed by atoms with Crippen LogP contribution < -0.4 is 4.74 Å². The van der Waals surface area contributed by atoms with E-state index in [9.17, 15) is 4.79 Å². The highest BCUT2D eigenvalue weighted by Gasteiger charge is 2.03. The van der Waals surface area contributed by atoms with Gasteiger partial charge in [0.15, 0.2) is 0 Å². The Bertz CT molecular complexity index is 293. The van der Waals surface area contributed by atoms with Gasteiger partial charge in [-0.1, -0.05) is 24.3 Å². The van der Waals surface area contributed by atoms with Crippen LogP contribution in [0.3, 0.4) is 0 Å². The third-order valence-electron chi connectivity index (χ3n) is 1.49. The summed E-state index contributed by atoms with van der Waals surface area (Å²) in [6.45, 7) is 3.81. The fourth-order valence-corrected chi connectivity index (χ4v) is 0.840. The number of carbonyl (C=O) groups is 1. The monoisotopic (exact) mass is 192 g/mol. The van der Waals surface area contributed by atoms with Crippen LogP contribution in [-0.4, -0.2) is 12.8 Å². The first-order valence-corrected chi connectivity index (χ1v) is 4.33. The van der Waals surface area contributed by atoms with Gasteiger partial charge in [0.25, 0.3) is 0 Å². The molecule has 0 aliphatic heterocycles. The van der Waals surface area contributed by atoms with Crippen LogP contribution in [0.1, 0.15) is 6.42 Å². The molecule has 0 spiro atoms. The number of ether oxygens (including phenoxy) is 2. The Balaban J connectivity index is 2.31. The minimum atomic E-state index is -0.682. The predicted octanol–water partition coefficient (Wildman–Crippen LogP) is 2.78. The zero-order chi connectivity index (χ0) is 10.2. The molecule has 3 heteroatoms. The van der Waals surface area contributed by atoms with E-state index in [0.29, 0.717) is 18.8 Å². The molecule has 0 fully saturated rings. The Morgan fingerprint density at radius 3 is 2.71 bits per heavy atom. The van der Waals surface area contributed by atoms with Crippen molar-refractivity contribution in [3.8, 4) is 5.75 Å². The third-order valence-corrected chi connectivity index (χ3v) is 1.49. The van der Waals surface area contributed by atoms with E-state index >= 15 is 0 Å². The molecular formula is C11H12O3. The van der Waals surface area contributed by atoms with Crippen molar-refractivity contribution in [2.75, 3.05) is 6.61 Å². The van der Waals surface area contributed by atoms with Crippen molar-refractivity contribution in [3.05, 3.63) is 43.0 Å². The Morgan fingerprint density at radius 2 is 2.07 bits per heavy atom. The fourth-order valence-electron chi connectivity index (χ4n) is 0.840. The second-order valence-corrected chi connectivity index (χ2v) is 2.59. The lowest BCUT2D eigenvalue weighted by Crippen LogP contribution is -2.10. The van der Waals surface area contributed by atoms with E-state index in [1.807, 2.05) is 6.07 Å². The number of carbonyl (C=O) groups excluding carboxylic acids is 1. The molecule has 0 amide bonds. The summed E-state index contributed by atoms with van der Waals surface area (Å²) in [5, 5.41) is 0. The van der Waals surface area contributed by atoms with Crippen LogP contribution in [0.2, 0.25) is 0 Å². The average Bonchev–Trinajstić information content (AvgIpc) is 2.20. The van der Waals surface area contributed by atoms with Crippen molar-refractivity contribution in [1.82, 2.24) is 0 Å². The maximum atomic E-state index is 11.0. The highest BCUT2D eigenvalue weighted by Crippen LogP contribution is 2.08. The molecular weight excluding hydrogens is 180 g/mol. The topological polar surface area (TPSA) is 35.5 Å². The summed E-state index contributed by atoms with van der Waals surface area (Å²) in [4.78, 5) is 11.0. The average molecular weight is 192 g/mol. The third kappa shape index (κ3) is 3.76. The molecule has 74 valence electrons. The first-order chi connectivity index (χ1) is 6.83. The smallest absolute Gasteiger partial charge is 0.434 e. The lowest BCUT2D eigenvalue weighted by molar-refractivity contribution is 0.101. The molecule has 0 aliphatic carbocycles. The van der Waals surface area contributed by atoms with Gasteiger partial charge in [-0.25, -0.2) is 4.79 Å². The molecule has 1 rings (SSSR count). The van der Waals surface area contributed by atoms with Crippen molar-refractivity contribution in [1.29, 1.82) is 0 Å². The van der Waals surface area contributed by atoms with E-state index in [1.54, 1.807) is 30.3 Å². The first-order valence-electron chi connectivity index (χ1n) is 4.33. The SMILES string of the molecule is C=CCCOC(=O)Oc1ccccc1. The molecule has 0 saturated carbocycles. The van der Waals surface area contributed by atoms with Crippen molar-refractivity contribution in [2.45, 2.75) is 6.42 Å². The molecule has 0 N–H and O–H groups in total. The summed E-state index contributed by atoms with van der Waals surface area (Å²) in [6, 6.07) is 8.79. The van der Waals surface area contributed by atoms with Crippen molar-refractivity contribution in [3.63, 3.8) is 0 Å². The van der Waals surface area contributed by atoms with Crippen molar-refractivity contribution in [2.24, 2.45) is 0 Å². The minimum Gasteiger partial charge on any atom is -0.434 e. The van der Waals surface area contributed by atoms with Gasteiger partial charge in [-0.05, 0) is 18.6 Å². The van der Waals surface area contributed by atoms with Crippen LogP contribution >= 0.6 is 0 Å². The fraction of sp³-hybridized carbons (Fsp3) is 0.182. The van der Waals surface area contributed by atoms with Gasteiger partial charge in [0.05, 0.1) is 6.61 Å². The minimum absolute atomic E-state index is 0.301. The van der Waals surface area contributed by atoms with Gasteiger partial charge in [-0.15, -0.1) is 6.58 Å². The molecule has 0 atom stereocenters. The lowest BCUT2D eigenvalue weighted by Gasteiger charge is -2.03. The molecule has 0 bridgehead atoms. The molecule has 0 heterocycles. The van der Waals surface area contributed by atoms with Crippen LogP contribution in [0, 0.1) is 0 Å². The predicted molar refractivity (Wildman–Crippen MR) is 53.2 cm³/mol. The molecule has 1 aromatic rings. The highest BCUT2D eigenvalue weighted by molar-refractivity contribution is 5.63. The molecule has 0 radical (unpaired) electrons. The van der Waals surface area contributed by atoms with Gasteiger partial charge in [0.1, 0.15) is 5.75 Å². The van der Waals surface area contributed by atoms with Gasteiger partial charge in [-0.3, -0.25) is 0 Å². The Labute approximate surface area is 83.0 Å². The van der Waals surface area contributed by atoms with E-state index in [0.717, 1.165) is 0 Å². The van der Waals surface area contributed by atoms with Gasteiger partial charge in [-0.2, -0.15) is 0 Å². The number of hydrogen-bond acceptors (Lipinski definition) is 3. The number of para-hydroxylation sites is 1. The van der Waals surface area contributed by atoms with Crippen LogP contribution in [0.15, 0.2) is 43.0 Å². The quantitative estimate of drug-likeness (QED) is 0.318. The zero-order valence-corrected chi connectivity index (χ0v) is 7.81. The van der Waals surface area contributed by atoms with Gasteiger partial charge < -0.3 is 9.47 Å². The van der Waals surface area contributed by atoms with Crippen molar-refractivity contribution < 1.29 is 14.3 Å². The van der Waals surface area contributed by atoms with Crippen LogP contribution in [0.4, 0.5) is 4.79 Å². The Morgan fingerprint density at radius 1 is 1.36 bits per heavy atom. The molecule has 14 heavy (non-hydrogen) atoms. The number of hydrogen-bond donors (Lipinski definition) is 0.